The number of thiophene rings is 1. The number of carbonyl (C=O) groups is 1. The number of aliphatic hydroxyl groups excluding tert-OH is 1. The number of nitrogens with one attached hydrogen (secondary N) is 2. The molecule has 0 unspecified atom stereocenters. The van der Waals surface area contributed by atoms with Gasteiger partial charge in [-0.1, -0.05) is 18.9 Å². The van der Waals surface area contributed by atoms with Gasteiger partial charge in [0.1, 0.15) is 0 Å². The molecule has 100 valence electrons. The average molecular weight is 268 g/mol. The summed E-state index contributed by atoms with van der Waals surface area (Å²) in [5.41, 5.74) is 0. The van der Waals surface area contributed by atoms with Gasteiger partial charge < -0.3 is 15.7 Å². The van der Waals surface area contributed by atoms with Crippen LogP contribution in [0.1, 0.15) is 30.6 Å². The van der Waals surface area contributed by atoms with Gasteiger partial charge in [0, 0.05) is 11.4 Å². The fourth-order valence-corrected chi connectivity index (χ4v) is 2.96. The predicted octanol–water partition coefficient (Wildman–Crippen LogP) is 1.89. The summed E-state index contributed by atoms with van der Waals surface area (Å²) in [6, 6.07) is 3.83. The van der Waals surface area contributed by atoms with Crippen LogP contribution in [-0.2, 0) is 6.42 Å². The molecule has 5 heteroatoms. The maximum Gasteiger partial charge on any atom is 0.315 e. The van der Waals surface area contributed by atoms with E-state index >= 15 is 0 Å². The largest absolute Gasteiger partial charge is 0.391 e. The van der Waals surface area contributed by atoms with Crippen LogP contribution >= 0.6 is 11.3 Å². The second-order valence-corrected chi connectivity index (χ2v) is 5.72. The molecule has 0 aliphatic heterocycles. The minimum Gasteiger partial charge on any atom is -0.391 e. The predicted molar refractivity (Wildman–Crippen MR) is 72.8 cm³/mol. The van der Waals surface area contributed by atoms with E-state index in [1.54, 1.807) is 11.3 Å². The van der Waals surface area contributed by atoms with Gasteiger partial charge in [-0.3, -0.25) is 0 Å². The first-order valence-corrected chi connectivity index (χ1v) is 7.38. The molecular formula is C13H20N2O2S. The molecule has 18 heavy (non-hydrogen) atoms. The van der Waals surface area contributed by atoms with Crippen molar-refractivity contribution in [2.24, 2.45) is 0 Å². The summed E-state index contributed by atoms with van der Waals surface area (Å²) in [7, 11) is 0. The molecule has 0 spiro atoms. The first-order chi connectivity index (χ1) is 8.75. The van der Waals surface area contributed by atoms with E-state index in [1.165, 1.54) is 4.88 Å². The van der Waals surface area contributed by atoms with Crippen LogP contribution in [0.4, 0.5) is 4.79 Å². The Hall–Kier alpha value is -1.07. The van der Waals surface area contributed by atoms with E-state index in [-0.39, 0.29) is 18.2 Å². The third-order valence-corrected chi connectivity index (χ3v) is 4.22. The van der Waals surface area contributed by atoms with E-state index in [0.717, 1.165) is 32.1 Å². The fraction of sp³-hybridized carbons (Fsp3) is 0.615. The minimum atomic E-state index is -0.387. The van der Waals surface area contributed by atoms with Crippen molar-refractivity contribution in [2.75, 3.05) is 6.54 Å². The maximum absolute atomic E-state index is 11.7. The van der Waals surface area contributed by atoms with Gasteiger partial charge in [0.05, 0.1) is 12.1 Å². The highest BCUT2D eigenvalue weighted by molar-refractivity contribution is 7.09. The number of carbonyl (C=O) groups excluding carboxylic acids is 1. The second-order valence-electron chi connectivity index (χ2n) is 4.69. The quantitative estimate of drug-likeness (QED) is 0.781. The molecule has 1 fully saturated rings. The van der Waals surface area contributed by atoms with Crippen molar-refractivity contribution < 1.29 is 9.90 Å². The van der Waals surface area contributed by atoms with Crippen molar-refractivity contribution in [3.63, 3.8) is 0 Å². The first-order valence-electron chi connectivity index (χ1n) is 6.50. The molecule has 2 atom stereocenters. The van der Waals surface area contributed by atoms with Crippen molar-refractivity contribution in [3.8, 4) is 0 Å². The molecule has 0 bridgehead atoms. The third kappa shape index (κ3) is 3.99. The van der Waals surface area contributed by atoms with Crippen molar-refractivity contribution in [1.29, 1.82) is 0 Å². The number of aliphatic hydroxyl groups is 1. The maximum atomic E-state index is 11.7. The summed E-state index contributed by atoms with van der Waals surface area (Å²) < 4.78 is 0. The van der Waals surface area contributed by atoms with Crippen molar-refractivity contribution in [3.05, 3.63) is 22.4 Å². The molecule has 3 N–H and O–H groups in total. The molecule has 2 amide bonds. The molecule has 1 aromatic rings. The Labute approximate surface area is 111 Å². The van der Waals surface area contributed by atoms with Gasteiger partial charge in [-0.15, -0.1) is 11.3 Å². The molecule has 4 nitrogen and oxygen atoms in total. The Balaban J connectivity index is 1.65. The Morgan fingerprint density at radius 2 is 2.28 bits per heavy atom. The van der Waals surface area contributed by atoms with Crippen LogP contribution in [0, 0.1) is 0 Å². The Morgan fingerprint density at radius 1 is 1.44 bits per heavy atom. The van der Waals surface area contributed by atoms with Crippen LogP contribution in [0.15, 0.2) is 17.5 Å². The number of hydrogen-bond donors (Lipinski definition) is 3. The molecule has 1 aromatic heterocycles. The molecular weight excluding hydrogens is 248 g/mol. The fourth-order valence-electron chi connectivity index (χ4n) is 2.25. The zero-order chi connectivity index (χ0) is 12.8. The summed E-state index contributed by atoms with van der Waals surface area (Å²) in [6.07, 6.45) is 4.27. The molecule has 0 aromatic carbocycles. The molecule has 1 heterocycles. The van der Waals surface area contributed by atoms with Crippen molar-refractivity contribution >= 4 is 17.4 Å². The van der Waals surface area contributed by atoms with Crippen molar-refractivity contribution in [1.82, 2.24) is 10.6 Å². The summed E-state index contributed by atoms with van der Waals surface area (Å²) in [5.74, 6) is 0. The average Bonchev–Trinajstić information content (AvgIpc) is 2.85. The van der Waals surface area contributed by atoms with Crippen LogP contribution in [0.2, 0.25) is 0 Å². The first kappa shape index (κ1) is 13.4. The lowest BCUT2D eigenvalue weighted by molar-refractivity contribution is 0.0943. The van der Waals surface area contributed by atoms with E-state index in [2.05, 4.69) is 16.7 Å². The number of amides is 2. The highest BCUT2D eigenvalue weighted by Gasteiger charge is 2.24. The standard InChI is InChI=1S/C13H20N2O2S/c16-12-6-2-1-5-11(12)15-13(17)14-8-7-10-4-3-9-18-10/h3-4,9,11-12,16H,1-2,5-8H2,(H2,14,15,17)/t11-,12+/m1/s1. The summed E-state index contributed by atoms with van der Waals surface area (Å²) in [4.78, 5) is 12.9. The van der Waals surface area contributed by atoms with Gasteiger partial charge >= 0.3 is 6.03 Å². The molecule has 2 rings (SSSR count). The van der Waals surface area contributed by atoms with Gasteiger partial charge in [0.15, 0.2) is 0 Å². The van der Waals surface area contributed by atoms with Crippen LogP contribution < -0.4 is 10.6 Å². The zero-order valence-corrected chi connectivity index (χ0v) is 11.2. The van der Waals surface area contributed by atoms with E-state index in [4.69, 9.17) is 0 Å². The lowest BCUT2D eigenvalue weighted by atomic mass is 9.93. The Kier molecular flexibility index (Phi) is 5.01. The summed E-state index contributed by atoms with van der Waals surface area (Å²) >= 11 is 1.70. The van der Waals surface area contributed by atoms with Gasteiger partial charge in [-0.05, 0) is 30.7 Å². The van der Waals surface area contributed by atoms with Gasteiger partial charge in [-0.25, -0.2) is 4.79 Å². The van der Waals surface area contributed by atoms with E-state index in [9.17, 15) is 9.90 Å². The third-order valence-electron chi connectivity index (χ3n) is 3.28. The van der Waals surface area contributed by atoms with Crippen molar-refractivity contribution in [2.45, 2.75) is 44.2 Å². The minimum absolute atomic E-state index is 0.0829. The van der Waals surface area contributed by atoms with Crippen LogP contribution in [0.25, 0.3) is 0 Å². The van der Waals surface area contributed by atoms with Gasteiger partial charge in [-0.2, -0.15) is 0 Å². The molecule has 1 saturated carbocycles. The molecule has 0 saturated heterocycles. The van der Waals surface area contributed by atoms with Crippen LogP contribution in [0.5, 0.6) is 0 Å². The van der Waals surface area contributed by atoms with E-state index in [1.807, 2.05) is 11.4 Å². The molecule has 1 aliphatic carbocycles. The molecule has 0 radical (unpaired) electrons. The van der Waals surface area contributed by atoms with E-state index < -0.39 is 0 Å². The lowest BCUT2D eigenvalue weighted by Crippen LogP contribution is -2.49. The second kappa shape index (κ2) is 6.75. The monoisotopic (exact) mass is 268 g/mol. The molecule has 1 aliphatic rings. The lowest BCUT2D eigenvalue weighted by Gasteiger charge is -2.28. The number of rotatable bonds is 4. The zero-order valence-electron chi connectivity index (χ0n) is 10.4. The summed E-state index contributed by atoms with van der Waals surface area (Å²) in [5, 5.41) is 17.5. The van der Waals surface area contributed by atoms with Gasteiger partial charge in [0.25, 0.3) is 0 Å². The van der Waals surface area contributed by atoms with E-state index in [0.29, 0.717) is 6.54 Å². The topological polar surface area (TPSA) is 61.4 Å². The van der Waals surface area contributed by atoms with Crippen LogP contribution in [-0.4, -0.2) is 29.8 Å². The smallest absolute Gasteiger partial charge is 0.315 e. The Bertz CT molecular complexity index is 367. The normalized spacial score (nSPS) is 23.6. The number of urea groups is 1. The Morgan fingerprint density at radius 3 is 3.00 bits per heavy atom. The number of hydrogen-bond acceptors (Lipinski definition) is 3. The highest BCUT2D eigenvalue weighted by Crippen LogP contribution is 2.18. The van der Waals surface area contributed by atoms with Gasteiger partial charge in [0.2, 0.25) is 0 Å². The highest BCUT2D eigenvalue weighted by atomic mass is 32.1. The van der Waals surface area contributed by atoms with Crippen LogP contribution in [0.3, 0.4) is 0 Å². The SMILES string of the molecule is O=C(NCCc1cccs1)N[C@@H]1CCCC[C@@H]1O. The summed E-state index contributed by atoms with van der Waals surface area (Å²) in [6.45, 7) is 0.634.